The zero-order valence-electron chi connectivity index (χ0n) is 24.9. The molecule has 2 amide bonds. The molecule has 1 fully saturated rings. The minimum Gasteiger partial charge on any atom is -0.497 e. The van der Waals surface area contributed by atoms with E-state index in [1.807, 2.05) is 38.1 Å². The van der Waals surface area contributed by atoms with E-state index in [4.69, 9.17) is 4.74 Å². The molecular weight excluding hydrogens is 550 g/mol. The number of carbonyl (C=O) groups is 2. The molecule has 1 saturated carbocycles. The molecule has 1 aliphatic carbocycles. The number of nitrogens with zero attached hydrogens (tertiary/aromatic N) is 2. The molecule has 0 radical (unpaired) electrons. The summed E-state index contributed by atoms with van der Waals surface area (Å²) in [4.78, 5) is 29.2. The van der Waals surface area contributed by atoms with Crippen LogP contribution in [-0.4, -0.2) is 50.9 Å². The number of sulfonamides is 1. The lowest BCUT2D eigenvalue weighted by atomic mass is 9.95. The molecule has 3 aromatic rings. The van der Waals surface area contributed by atoms with Gasteiger partial charge in [0.05, 0.1) is 17.7 Å². The van der Waals surface area contributed by atoms with Crippen LogP contribution in [-0.2, 0) is 26.2 Å². The number of hydrogen-bond acceptors (Lipinski definition) is 5. The average Bonchev–Trinajstić information content (AvgIpc) is 2.99. The van der Waals surface area contributed by atoms with Gasteiger partial charge in [-0.15, -0.1) is 0 Å². The highest BCUT2D eigenvalue weighted by molar-refractivity contribution is 7.92. The van der Waals surface area contributed by atoms with Gasteiger partial charge in [0.1, 0.15) is 18.3 Å². The number of hydrogen-bond donors (Lipinski definition) is 1. The minimum atomic E-state index is -4.12. The average molecular weight is 592 g/mol. The highest BCUT2D eigenvalue weighted by Gasteiger charge is 2.33. The normalized spacial score (nSPS) is 14.6. The number of methoxy groups -OCH3 is 1. The molecule has 9 heteroatoms. The van der Waals surface area contributed by atoms with Crippen molar-refractivity contribution in [2.24, 2.45) is 0 Å². The molecule has 42 heavy (non-hydrogen) atoms. The Hall–Kier alpha value is -3.85. The third-order valence-corrected chi connectivity index (χ3v) is 9.76. The second-order valence-electron chi connectivity index (χ2n) is 11.0. The summed E-state index contributed by atoms with van der Waals surface area (Å²) in [7, 11) is -2.59. The molecule has 8 nitrogen and oxygen atoms in total. The maximum absolute atomic E-state index is 14.2. The standard InChI is InChI=1S/C33H41N3O5S/c1-24-14-20-31(21-15-24)42(39,40)36(29-16-18-30(41-4)19-17-29)23-32(37)35(22-27-11-9-8-10-25(27)2)26(3)33(38)34-28-12-6-5-7-13-28/h8-11,14-21,26,28H,5-7,12-13,22-23H2,1-4H3,(H,34,38)/t26-/m0/s1. The second-order valence-corrected chi connectivity index (χ2v) is 12.9. The van der Waals surface area contributed by atoms with Gasteiger partial charge in [0.15, 0.2) is 0 Å². The lowest BCUT2D eigenvalue weighted by molar-refractivity contribution is -0.139. The van der Waals surface area contributed by atoms with Crippen LogP contribution < -0.4 is 14.4 Å². The number of carbonyl (C=O) groups excluding carboxylic acids is 2. The van der Waals surface area contributed by atoms with Gasteiger partial charge in [-0.25, -0.2) is 8.42 Å². The fraction of sp³-hybridized carbons (Fsp3) is 0.394. The van der Waals surface area contributed by atoms with Crippen molar-refractivity contribution in [3.63, 3.8) is 0 Å². The zero-order valence-corrected chi connectivity index (χ0v) is 25.7. The largest absolute Gasteiger partial charge is 0.497 e. The first-order valence-electron chi connectivity index (χ1n) is 14.5. The molecule has 0 aliphatic heterocycles. The number of amides is 2. The topological polar surface area (TPSA) is 96.0 Å². The van der Waals surface area contributed by atoms with Crippen LogP contribution >= 0.6 is 0 Å². The van der Waals surface area contributed by atoms with Gasteiger partial charge in [0.25, 0.3) is 10.0 Å². The molecule has 0 heterocycles. The first-order valence-corrected chi connectivity index (χ1v) is 15.9. The van der Waals surface area contributed by atoms with Crippen molar-refractivity contribution in [1.29, 1.82) is 0 Å². The van der Waals surface area contributed by atoms with Crippen LogP contribution in [0.1, 0.15) is 55.7 Å². The van der Waals surface area contributed by atoms with E-state index in [-0.39, 0.29) is 23.4 Å². The van der Waals surface area contributed by atoms with E-state index in [9.17, 15) is 18.0 Å². The van der Waals surface area contributed by atoms with E-state index < -0.39 is 28.5 Å². The summed E-state index contributed by atoms with van der Waals surface area (Å²) < 4.78 is 34.3. The molecule has 4 rings (SSSR count). The monoisotopic (exact) mass is 591 g/mol. The van der Waals surface area contributed by atoms with Crippen molar-refractivity contribution < 1.29 is 22.7 Å². The van der Waals surface area contributed by atoms with E-state index in [0.717, 1.165) is 53.1 Å². The van der Waals surface area contributed by atoms with Gasteiger partial charge in [-0.3, -0.25) is 13.9 Å². The summed E-state index contributed by atoms with van der Waals surface area (Å²) in [5.74, 6) is -0.149. The Balaban J connectivity index is 1.68. The first kappa shape index (κ1) is 31.1. The van der Waals surface area contributed by atoms with Crippen LogP contribution in [0.4, 0.5) is 5.69 Å². The van der Waals surface area contributed by atoms with E-state index in [1.54, 1.807) is 43.3 Å². The third kappa shape index (κ3) is 7.50. The van der Waals surface area contributed by atoms with Crippen LogP contribution in [0.25, 0.3) is 0 Å². The smallest absolute Gasteiger partial charge is 0.264 e. The predicted molar refractivity (Wildman–Crippen MR) is 165 cm³/mol. The molecule has 0 saturated heterocycles. The molecule has 0 unspecified atom stereocenters. The van der Waals surface area contributed by atoms with Crippen molar-refractivity contribution >= 4 is 27.5 Å². The van der Waals surface area contributed by atoms with Crippen LogP contribution in [0.2, 0.25) is 0 Å². The van der Waals surface area contributed by atoms with Crippen molar-refractivity contribution in [1.82, 2.24) is 10.2 Å². The van der Waals surface area contributed by atoms with Gasteiger partial charge < -0.3 is 15.0 Å². The SMILES string of the molecule is COc1ccc(N(CC(=O)N(Cc2ccccc2C)[C@@H](C)C(=O)NC2CCCCC2)S(=O)(=O)c2ccc(C)cc2)cc1. The van der Waals surface area contributed by atoms with Crippen molar-refractivity contribution in [3.8, 4) is 5.75 Å². The molecule has 3 aromatic carbocycles. The Morgan fingerprint density at radius 2 is 1.57 bits per heavy atom. The summed E-state index contributed by atoms with van der Waals surface area (Å²) in [5.41, 5.74) is 3.11. The van der Waals surface area contributed by atoms with Gasteiger partial charge in [-0.2, -0.15) is 0 Å². The fourth-order valence-corrected chi connectivity index (χ4v) is 6.65. The maximum Gasteiger partial charge on any atom is 0.264 e. The maximum atomic E-state index is 14.2. The molecule has 0 bridgehead atoms. The lowest BCUT2D eigenvalue weighted by Crippen LogP contribution is -2.53. The molecule has 1 aliphatic rings. The quantitative estimate of drug-likeness (QED) is 0.323. The van der Waals surface area contributed by atoms with Crippen LogP contribution in [0, 0.1) is 13.8 Å². The number of benzene rings is 3. The van der Waals surface area contributed by atoms with Crippen LogP contribution in [0.5, 0.6) is 5.75 Å². The summed E-state index contributed by atoms with van der Waals surface area (Å²) in [5, 5.41) is 3.13. The Labute approximate surface area is 249 Å². The van der Waals surface area contributed by atoms with Gasteiger partial charge in [-0.1, -0.05) is 61.2 Å². The molecule has 224 valence electrons. The molecule has 1 N–H and O–H groups in total. The molecular formula is C33H41N3O5S. The second kappa shape index (κ2) is 13.9. The zero-order chi connectivity index (χ0) is 30.3. The Morgan fingerprint density at radius 3 is 2.19 bits per heavy atom. The van der Waals surface area contributed by atoms with E-state index in [1.165, 1.54) is 24.1 Å². The Morgan fingerprint density at radius 1 is 0.929 bits per heavy atom. The Bertz CT molecular complexity index is 1470. The van der Waals surface area contributed by atoms with Crippen molar-refractivity contribution in [2.45, 2.75) is 76.4 Å². The summed E-state index contributed by atoms with van der Waals surface area (Å²) >= 11 is 0. The van der Waals surface area contributed by atoms with Crippen molar-refractivity contribution in [3.05, 3.63) is 89.5 Å². The highest BCUT2D eigenvalue weighted by Crippen LogP contribution is 2.27. The van der Waals surface area contributed by atoms with Crippen LogP contribution in [0.15, 0.2) is 77.7 Å². The molecule has 0 spiro atoms. The highest BCUT2D eigenvalue weighted by atomic mass is 32.2. The number of aryl methyl sites for hydroxylation is 2. The lowest BCUT2D eigenvalue weighted by Gasteiger charge is -2.33. The third-order valence-electron chi connectivity index (χ3n) is 7.97. The van der Waals surface area contributed by atoms with E-state index in [2.05, 4.69) is 5.32 Å². The van der Waals surface area contributed by atoms with E-state index in [0.29, 0.717) is 11.4 Å². The predicted octanol–water partition coefficient (Wildman–Crippen LogP) is 5.37. The molecule has 1 atom stereocenters. The number of ether oxygens (including phenoxy) is 1. The van der Waals surface area contributed by atoms with Crippen molar-refractivity contribution in [2.75, 3.05) is 18.0 Å². The molecule has 0 aromatic heterocycles. The van der Waals surface area contributed by atoms with E-state index >= 15 is 0 Å². The van der Waals surface area contributed by atoms with Gasteiger partial charge >= 0.3 is 0 Å². The summed E-state index contributed by atoms with van der Waals surface area (Å²) in [6.07, 6.45) is 5.14. The number of anilines is 1. The van der Waals surface area contributed by atoms with Gasteiger partial charge in [-0.05, 0) is 81.1 Å². The fourth-order valence-electron chi connectivity index (χ4n) is 5.24. The minimum absolute atomic E-state index is 0.0743. The summed E-state index contributed by atoms with van der Waals surface area (Å²) in [6, 6.07) is 20.0. The Kier molecular flexibility index (Phi) is 10.3. The number of nitrogens with one attached hydrogen (secondary N) is 1. The van der Waals surface area contributed by atoms with Gasteiger partial charge in [0, 0.05) is 12.6 Å². The van der Waals surface area contributed by atoms with Gasteiger partial charge in [0.2, 0.25) is 11.8 Å². The number of rotatable bonds is 11. The van der Waals surface area contributed by atoms with Crippen LogP contribution in [0.3, 0.4) is 0 Å². The first-order chi connectivity index (χ1) is 20.1. The summed E-state index contributed by atoms with van der Waals surface area (Å²) in [6.45, 7) is 5.24.